The Balaban J connectivity index is 1.68. The van der Waals surface area contributed by atoms with E-state index in [0.29, 0.717) is 34.2 Å². The molecule has 1 N–H and O–H groups in total. The zero-order valence-electron chi connectivity index (χ0n) is 18.7. The molecule has 0 saturated carbocycles. The Morgan fingerprint density at radius 1 is 0.735 bits per heavy atom. The average molecular weight is 447 g/mol. The molecule has 0 amide bonds. The van der Waals surface area contributed by atoms with Gasteiger partial charge in [0.15, 0.2) is 17.5 Å². The lowest BCUT2D eigenvalue weighted by molar-refractivity contribution is 0.0600. The fourth-order valence-electron chi connectivity index (χ4n) is 3.79. The zero-order valence-corrected chi connectivity index (χ0v) is 18.7. The van der Waals surface area contributed by atoms with Crippen molar-refractivity contribution >= 4 is 16.7 Å². The second-order valence-corrected chi connectivity index (χ2v) is 7.96. The van der Waals surface area contributed by atoms with E-state index >= 15 is 0 Å². The summed E-state index contributed by atoms with van der Waals surface area (Å²) in [4.78, 5) is 25.9. The molecular weight excluding hydrogens is 426 g/mol. The van der Waals surface area contributed by atoms with Crippen LogP contribution in [0.5, 0.6) is 5.75 Å². The van der Waals surface area contributed by atoms with Gasteiger partial charge in [0, 0.05) is 11.1 Å². The van der Waals surface area contributed by atoms with Gasteiger partial charge in [-0.2, -0.15) is 0 Å². The van der Waals surface area contributed by atoms with E-state index in [1.165, 1.54) is 7.11 Å². The van der Waals surface area contributed by atoms with Crippen molar-refractivity contribution in [3.05, 3.63) is 96.1 Å². The third kappa shape index (κ3) is 4.09. The lowest BCUT2D eigenvalue weighted by atomic mass is 10.1. The maximum absolute atomic E-state index is 11.8. The lowest BCUT2D eigenvalue weighted by Crippen LogP contribution is -2.02. The normalized spacial score (nSPS) is 10.9. The Hall–Kier alpha value is -4.58. The summed E-state index contributed by atoms with van der Waals surface area (Å²) in [5, 5.41) is 12.8. The van der Waals surface area contributed by atoms with Gasteiger partial charge in [-0.15, -0.1) is 0 Å². The van der Waals surface area contributed by atoms with Crippen molar-refractivity contribution in [3.63, 3.8) is 0 Å². The molecule has 0 bridgehead atoms. The van der Waals surface area contributed by atoms with Crippen LogP contribution in [0, 0.1) is 6.92 Å². The number of rotatable bonds is 4. The van der Waals surface area contributed by atoms with Crippen LogP contribution in [-0.4, -0.2) is 33.1 Å². The first-order valence-corrected chi connectivity index (χ1v) is 10.8. The molecule has 0 aliphatic heterocycles. The number of benzene rings is 4. The minimum Gasteiger partial charge on any atom is -0.507 e. The molecule has 6 heteroatoms. The van der Waals surface area contributed by atoms with E-state index in [1.807, 2.05) is 49.4 Å². The summed E-state index contributed by atoms with van der Waals surface area (Å²) in [5.74, 6) is 0.974. The predicted molar refractivity (Wildman–Crippen MR) is 131 cm³/mol. The molecule has 0 spiro atoms. The minimum absolute atomic E-state index is 0.0997. The Morgan fingerprint density at radius 3 is 2.09 bits per heavy atom. The zero-order chi connectivity index (χ0) is 23.7. The van der Waals surface area contributed by atoms with Gasteiger partial charge in [0.2, 0.25) is 0 Å². The molecule has 0 unspecified atom stereocenters. The minimum atomic E-state index is -0.413. The van der Waals surface area contributed by atoms with Crippen molar-refractivity contribution in [2.75, 3.05) is 7.11 Å². The quantitative estimate of drug-likeness (QED) is 0.349. The van der Waals surface area contributed by atoms with Crippen LogP contribution in [0.15, 0.2) is 84.9 Å². The SMILES string of the molecule is COC(=O)c1ccc(-c2nc(-c3ccc4ccccc4c3)nc(-c3ccc(C)cc3O)n2)cc1. The third-order valence-electron chi connectivity index (χ3n) is 5.60. The standard InChI is InChI=1S/C28H21N3O3/c1-17-7-14-23(24(32)15-17)27-30-25(19-9-11-20(12-10-19)28(33)34-2)29-26(31-27)22-13-8-18-5-3-4-6-21(18)16-22/h3-16,32H,1-2H3. The highest BCUT2D eigenvalue weighted by molar-refractivity contribution is 5.90. The molecule has 0 aliphatic carbocycles. The highest BCUT2D eigenvalue weighted by atomic mass is 16.5. The number of esters is 1. The third-order valence-corrected chi connectivity index (χ3v) is 5.60. The molecule has 5 aromatic rings. The van der Waals surface area contributed by atoms with Gasteiger partial charge in [-0.1, -0.05) is 54.6 Å². The fraction of sp³-hybridized carbons (Fsp3) is 0.0714. The van der Waals surface area contributed by atoms with Crippen LogP contribution in [0.3, 0.4) is 0 Å². The number of hydrogen-bond donors (Lipinski definition) is 1. The van der Waals surface area contributed by atoms with Crippen LogP contribution in [0.4, 0.5) is 0 Å². The van der Waals surface area contributed by atoms with Crippen molar-refractivity contribution in [1.82, 2.24) is 15.0 Å². The van der Waals surface area contributed by atoms with Crippen LogP contribution in [0.25, 0.3) is 44.9 Å². The summed E-state index contributed by atoms with van der Waals surface area (Å²) >= 11 is 0. The van der Waals surface area contributed by atoms with E-state index in [0.717, 1.165) is 21.9 Å². The number of ether oxygens (including phenoxy) is 1. The number of hydrogen-bond acceptors (Lipinski definition) is 6. The molecule has 166 valence electrons. The first kappa shape index (κ1) is 21.3. The van der Waals surface area contributed by atoms with Crippen molar-refractivity contribution < 1.29 is 14.6 Å². The maximum atomic E-state index is 11.8. The molecule has 34 heavy (non-hydrogen) atoms. The number of aromatic hydroxyl groups is 1. The van der Waals surface area contributed by atoms with Crippen LogP contribution >= 0.6 is 0 Å². The van der Waals surface area contributed by atoms with E-state index in [2.05, 4.69) is 11.1 Å². The number of carbonyl (C=O) groups excluding carboxylic acids is 1. The smallest absolute Gasteiger partial charge is 0.337 e. The number of phenolic OH excluding ortho intramolecular Hbond substituents is 1. The molecule has 1 heterocycles. The lowest BCUT2D eigenvalue weighted by Gasteiger charge is -2.10. The van der Waals surface area contributed by atoms with Gasteiger partial charge in [-0.3, -0.25) is 0 Å². The fourth-order valence-corrected chi connectivity index (χ4v) is 3.79. The number of aromatic nitrogens is 3. The topological polar surface area (TPSA) is 85.2 Å². The Kier molecular flexibility index (Phi) is 5.47. The number of nitrogens with zero attached hydrogens (tertiary/aromatic N) is 3. The molecule has 5 rings (SSSR count). The summed E-state index contributed by atoms with van der Waals surface area (Å²) in [6.07, 6.45) is 0. The molecule has 0 saturated heterocycles. The average Bonchev–Trinajstić information content (AvgIpc) is 2.87. The number of phenols is 1. The van der Waals surface area contributed by atoms with Gasteiger partial charge in [0.1, 0.15) is 5.75 Å². The number of carbonyl (C=O) groups is 1. The van der Waals surface area contributed by atoms with E-state index in [-0.39, 0.29) is 5.75 Å². The van der Waals surface area contributed by atoms with Crippen LogP contribution < -0.4 is 0 Å². The first-order valence-electron chi connectivity index (χ1n) is 10.8. The highest BCUT2D eigenvalue weighted by Gasteiger charge is 2.15. The Labute approximate surface area is 196 Å². The van der Waals surface area contributed by atoms with E-state index in [1.54, 1.807) is 36.4 Å². The van der Waals surface area contributed by atoms with Gasteiger partial charge >= 0.3 is 5.97 Å². The van der Waals surface area contributed by atoms with Crippen molar-refractivity contribution in [2.45, 2.75) is 6.92 Å². The van der Waals surface area contributed by atoms with E-state index in [4.69, 9.17) is 14.7 Å². The molecule has 0 radical (unpaired) electrons. The summed E-state index contributed by atoms with van der Waals surface area (Å²) in [6, 6.07) is 26.4. The first-order chi connectivity index (χ1) is 16.5. The summed E-state index contributed by atoms with van der Waals surface area (Å²) in [7, 11) is 1.35. The molecule has 0 atom stereocenters. The Bertz CT molecular complexity index is 1530. The van der Waals surface area contributed by atoms with Crippen molar-refractivity contribution in [2.24, 2.45) is 0 Å². The maximum Gasteiger partial charge on any atom is 0.337 e. The second kappa shape index (κ2) is 8.75. The molecule has 6 nitrogen and oxygen atoms in total. The van der Waals surface area contributed by atoms with Gasteiger partial charge in [0.25, 0.3) is 0 Å². The predicted octanol–water partition coefficient (Wildman–Crippen LogP) is 5.83. The van der Waals surface area contributed by atoms with Crippen molar-refractivity contribution in [3.8, 4) is 39.9 Å². The number of methoxy groups -OCH3 is 1. The van der Waals surface area contributed by atoms with Crippen LogP contribution in [-0.2, 0) is 4.74 Å². The van der Waals surface area contributed by atoms with E-state index in [9.17, 15) is 9.90 Å². The Morgan fingerprint density at radius 2 is 1.38 bits per heavy atom. The number of aryl methyl sites for hydroxylation is 1. The van der Waals surface area contributed by atoms with E-state index < -0.39 is 5.97 Å². The van der Waals surface area contributed by atoms with Gasteiger partial charge in [-0.25, -0.2) is 19.7 Å². The van der Waals surface area contributed by atoms with Gasteiger partial charge in [-0.05, 0) is 53.6 Å². The molecule has 0 aliphatic rings. The highest BCUT2D eigenvalue weighted by Crippen LogP contribution is 2.31. The molecule has 4 aromatic carbocycles. The van der Waals surface area contributed by atoms with Gasteiger partial charge < -0.3 is 9.84 Å². The summed E-state index contributed by atoms with van der Waals surface area (Å²) in [6.45, 7) is 1.91. The molecule has 0 fully saturated rings. The second-order valence-electron chi connectivity index (χ2n) is 7.96. The largest absolute Gasteiger partial charge is 0.507 e. The van der Waals surface area contributed by atoms with Crippen LogP contribution in [0.1, 0.15) is 15.9 Å². The monoisotopic (exact) mass is 447 g/mol. The molecule has 1 aromatic heterocycles. The van der Waals surface area contributed by atoms with Crippen molar-refractivity contribution in [1.29, 1.82) is 0 Å². The summed E-state index contributed by atoms with van der Waals surface area (Å²) < 4.78 is 4.79. The van der Waals surface area contributed by atoms with Gasteiger partial charge in [0.05, 0.1) is 18.2 Å². The van der Waals surface area contributed by atoms with Crippen LogP contribution in [0.2, 0.25) is 0 Å². The number of fused-ring (bicyclic) bond motifs is 1. The molecular formula is C28H21N3O3. The summed E-state index contributed by atoms with van der Waals surface area (Å²) in [5.41, 5.74) is 3.43.